The fourth-order valence-electron chi connectivity index (χ4n) is 3.47. The SMILES string of the molecule is CCCC1(C)CCCN(CC2(CO)COC2)C1. The molecular formula is C14H27NO2. The van der Waals surface area contributed by atoms with Gasteiger partial charge in [0.25, 0.3) is 0 Å². The minimum Gasteiger partial charge on any atom is -0.396 e. The van der Waals surface area contributed by atoms with Gasteiger partial charge in [0.1, 0.15) is 0 Å². The molecule has 1 unspecified atom stereocenters. The largest absolute Gasteiger partial charge is 0.396 e. The van der Waals surface area contributed by atoms with Gasteiger partial charge in [0.05, 0.1) is 25.2 Å². The van der Waals surface area contributed by atoms with Crippen LogP contribution in [0.15, 0.2) is 0 Å². The van der Waals surface area contributed by atoms with E-state index in [1.165, 1.54) is 38.8 Å². The van der Waals surface area contributed by atoms with E-state index in [1.807, 2.05) is 0 Å². The second kappa shape index (κ2) is 5.25. The molecule has 0 spiro atoms. The molecule has 17 heavy (non-hydrogen) atoms. The number of aliphatic hydroxyl groups is 1. The van der Waals surface area contributed by atoms with E-state index < -0.39 is 0 Å². The van der Waals surface area contributed by atoms with Crippen LogP contribution in [-0.4, -0.2) is 49.5 Å². The summed E-state index contributed by atoms with van der Waals surface area (Å²) >= 11 is 0. The van der Waals surface area contributed by atoms with Crippen molar-refractivity contribution in [3.8, 4) is 0 Å². The number of likely N-dealkylation sites (tertiary alicyclic amines) is 1. The normalized spacial score (nSPS) is 33.4. The second-order valence-electron chi connectivity index (χ2n) is 6.53. The van der Waals surface area contributed by atoms with Crippen molar-refractivity contribution >= 4 is 0 Å². The van der Waals surface area contributed by atoms with Crippen LogP contribution in [0.5, 0.6) is 0 Å². The molecule has 2 aliphatic rings. The molecule has 0 aromatic carbocycles. The van der Waals surface area contributed by atoms with Crippen LogP contribution in [0.1, 0.15) is 39.5 Å². The predicted molar refractivity (Wildman–Crippen MR) is 69.0 cm³/mol. The van der Waals surface area contributed by atoms with Gasteiger partial charge in [0.15, 0.2) is 0 Å². The summed E-state index contributed by atoms with van der Waals surface area (Å²) in [5.41, 5.74) is 0.540. The third-order valence-electron chi connectivity index (χ3n) is 4.42. The Kier molecular flexibility index (Phi) is 4.11. The maximum Gasteiger partial charge on any atom is 0.0579 e. The van der Waals surface area contributed by atoms with Crippen LogP contribution in [0, 0.1) is 10.8 Å². The van der Waals surface area contributed by atoms with Crippen molar-refractivity contribution in [2.75, 3.05) is 39.5 Å². The lowest BCUT2D eigenvalue weighted by molar-refractivity contribution is -0.152. The first-order chi connectivity index (χ1) is 8.11. The Hall–Kier alpha value is -0.120. The van der Waals surface area contributed by atoms with Crippen LogP contribution >= 0.6 is 0 Å². The summed E-state index contributed by atoms with van der Waals surface area (Å²) in [6.45, 7) is 9.86. The Morgan fingerprint density at radius 1 is 1.35 bits per heavy atom. The second-order valence-corrected chi connectivity index (χ2v) is 6.53. The summed E-state index contributed by atoms with van der Waals surface area (Å²) in [6.07, 6.45) is 5.27. The summed E-state index contributed by atoms with van der Waals surface area (Å²) in [6, 6.07) is 0. The molecule has 0 aromatic heterocycles. The van der Waals surface area contributed by atoms with E-state index in [2.05, 4.69) is 18.7 Å². The summed E-state index contributed by atoms with van der Waals surface area (Å²) < 4.78 is 5.28. The van der Waals surface area contributed by atoms with Gasteiger partial charge in [0.2, 0.25) is 0 Å². The zero-order valence-electron chi connectivity index (χ0n) is 11.4. The molecule has 0 saturated carbocycles. The van der Waals surface area contributed by atoms with Gasteiger partial charge in [-0.05, 0) is 31.2 Å². The van der Waals surface area contributed by atoms with Gasteiger partial charge < -0.3 is 14.7 Å². The molecule has 2 saturated heterocycles. The Morgan fingerprint density at radius 2 is 2.12 bits per heavy atom. The summed E-state index contributed by atoms with van der Waals surface area (Å²) in [5.74, 6) is 0. The monoisotopic (exact) mass is 241 g/mol. The number of nitrogens with zero attached hydrogens (tertiary/aromatic N) is 1. The van der Waals surface area contributed by atoms with E-state index in [1.54, 1.807) is 0 Å². The summed E-state index contributed by atoms with van der Waals surface area (Å²) in [5, 5.41) is 9.49. The molecule has 0 radical (unpaired) electrons. The highest BCUT2D eigenvalue weighted by Crippen LogP contribution is 2.36. The number of ether oxygens (including phenoxy) is 1. The Bertz CT molecular complexity index is 243. The zero-order chi connectivity index (χ0) is 12.4. The van der Waals surface area contributed by atoms with E-state index in [-0.39, 0.29) is 12.0 Å². The molecule has 100 valence electrons. The highest BCUT2D eigenvalue weighted by molar-refractivity contribution is 4.91. The highest BCUT2D eigenvalue weighted by Gasteiger charge is 2.41. The third-order valence-corrected chi connectivity index (χ3v) is 4.42. The smallest absolute Gasteiger partial charge is 0.0579 e. The van der Waals surface area contributed by atoms with Crippen molar-refractivity contribution in [1.82, 2.24) is 4.90 Å². The maximum absolute atomic E-state index is 9.49. The maximum atomic E-state index is 9.49. The van der Waals surface area contributed by atoms with Crippen molar-refractivity contribution in [3.05, 3.63) is 0 Å². The average molecular weight is 241 g/mol. The number of hydrogen-bond acceptors (Lipinski definition) is 3. The van der Waals surface area contributed by atoms with Crippen LogP contribution < -0.4 is 0 Å². The van der Waals surface area contributed by atoms with Gasteiger partial charge >= 0.3 is 0 Å². The Balaban J connectivity index is 1.89. The van der Waals surface area contributed by atoms with E-state index >= 15 is 0 Å². The molecular weight excluding hydrogens is 214 g/mol. The van der Waals surface area contributed by atoms with Crippen LogP contribution in [0.25, 0.3) is 0 Å². The predicted octanol–water partition coefficient (Wildman–Crippen LogP) is 1.90. The van der Waals surface area contributed by atoms with E-state index in [0.29, 0.717) is 5.41 Å². The summed E-state index contributed by atoms with van der Waals surface area (Å²) in [4.78, 5) is 2.55. The topological polar surface area (TPSA) is 32.7 Å². The van der Waals surface area contributed by atoms with Gasteiger partial charge in [-0.3, -0.25) is 0 Å². The molecule has 2 aliphatic heterocycles. The van der Waals surface area contributed by atoms with Crippen molar-refractivity contribution < 1.29 is 9.84 Å². The first-order valence-electron chi connectivity index (χ1n) is 7.02. The van der Waals surface area contributed by atoms with Gasteiger partial charge in [-0.1, -0.05) is 20.3 Å². The van der Waals surface area contributed by atoms with Gasteiger partial charge in [-0.15, -0.1) is 0 Å². The van der Waals surface area contributed by atoms with Crippen LogP contribution in [0.4, 0.5) is 0 Å². The molecule has 0 aliphatic carbocycles. The van der Waals surface area contributed by atoms with Crippen LogP contribution in [0.3, 0.4) is 0 Å². The Labute approximate surface area is 105 Å². The van der Waals surface area contributed by atoms with Crippen molar-refractivity contribution in [2.24, 2.45) is 10.8 Å². The lowest BCUT2D eigenvalue weighted by Crippen LogP contribution is -2.55. The minimum atomic E-state index is 0.0461. The standard InChI is InChI=1S/C14H27NO2/c1-3-5-13(2)6-4-7-15(8-13)9-14(10-16)11-17-12-14/h16H,3-12H2,1-2H3. The number of aliphatic hydroxyl groups excluding tert-OH is 1. The van der Waals surface area contributed by atoms with Gasteiger partial charge in [0, 0.05) is 13.1 Å². The molecule has 1 N–H and O–H groups in total. The van der Waals surface area contributed by atoms with E-state index in [4.69, 9.17) is 4.74 Å². The van der Waals surface area contributed by atoms with Gasteiger partial charge in [-0.2, -0.15) is 0 Å². The molecule has 0 aromatic rings. The zero-order valence-corrected chi connectivity index (χ0v) is 11.4. The number of hydrogen-bond donors (Lipinski definition) is 1. The molecule has 0 amide bonds. The van der Waals surface area contributed by atoms with Crippen molar-refractivity contribution in [3.63, 3.8) is 0 Å². The molecule has 3 heteroatoms. The number of piperidine rings is 1. The molecule has 0 bridgehead atoms. The highest BCUT2D eigenvalue weighted by atomic mass is 16.5. The first kappa shape index (κ1) is 13.3. The van der Waals surface area contributed by atoms with Gasteiger partial charge in [-0.25, -0.2) is 0 Å². The minimum absolute atomic E-state index is 0.0461. The number of rotatable bonds is 5. The molecule has 3 nitrogen and oxygen atoms in total. The average Bonchev–Trinajstić information content (AvgIpc) is 2.23. The van der Waals surface area contributed by atoms with Crippen molar-refractivity contribution in [2.45, 2.75) is 39.5 Å². The van der Waals surface area contributed by atoms with E-state index in [9.17, 15) is 5.11 Å². The van der Waals surface area contributed by atoms with E-state index in [0.717, 1.165) is 19.8 Å². The third kappa shape index (κ3) is 3.01. The first-order valence-corrected chi connectivity index (χ1v) is 7.02. The molecule has 1 atom stereocenters. The van der Waals surface area contributed by atoms with Crippen LogP contribution in [-0.2, 0) is 4.74 Å². The summed E-state index contributed by atoms with van der Waals surface area (Å²) in [7, 11) is 0. The molecule has 2 heterocycles. The lowest BCUT2D eigenvalue weighted by atomic mass is 9.77. The quantitative estimate of drug-likeness (QED) is 0.798. The fraction of sp³-hybridized carbons (Fsp3) is 1.00. The van der Waals surface area contributed by atoms with Crippen LogP contribution in [0.2, 0.25) is 0 Å². The fourth-order valence-corrected chi connectivity index (χ4v) is 3.47. The molecule has 2 fully saturated rings. The lowest BCUT2D eigenvalue weighted by Gasteiger charge is -2.47. The van der Waals surface area contributed by atoms with Crippen molar-refractivity contribution in [1.29, 1.82) is 0 Å². The Morgan fingerprint density at radius 3 is 2.65 bits per heavy atom. The molecule has 2 rings (SSSR count).